The lowest BCUT2D eigenvalue weighted by molar-refractivity contribution is -0.140. The third-order valence-electron chi connectivity index (χ3n) is 6.60. The fraction of sp³-hybridized carbons (Fsp3) is 0.481. The van der Waals surface area contributed by atoms with Gasteiger partial charge in [0.15, 0.2) is 0 Å². The van der Waals surface area contributed by atoms with Crippen LogP contribution in [0.4, 0.5) is 10.1 Å². The first-order valence-electron chi connectivity index (χ1n) is 12.5. The van der Waals surface area contributed by atoms with Gasteiger partial charge in [-0.05, 0) is 56.0 Å². The lowest BCUT2D eigenvalue weighted by Crippen LogP contribution is -2.53. The monoisotopic (exact) mass is 517 g/mol. The molecule has 2 aromatic carbocycles. The molecule has 0 aromatic heterocycles. The van der Waals surface area contributed by atoms with Crippen molar-refractivity contribution in [2.24, 2.45) is 0 Å². The maximum Gasteiger partial charge on any atom is 0.244 e. The minimum Gasteiger partial charge on any atom is -0.352 e. The van der Waals surface area contributed by atoms with Crippen molar-refractivity contribution in [2.75, 3.05) is 17.1 Å². The van der Waals surface area contributed by atoms with Gasteiger partial charge in [-0.25, -0.2) is 12.8 Å². The second-order valence-corrected chi connectivity index (χ2v) is 11.4. The van der Waals surface area contributed by atoms with Gasteiger partial charge >= 0.3 is 0 Å². The van der Waals surface area contributed by atoms with Crippen molar-refractivity contribution in [1.29, 1.82) is 0 Å². The molecule has 1 aliphatic carbocycles. The molecule has 0 unspecified atom stereocenters. The van der Waals surface area contributed by atoms with Gasteiger partial charge in [-0.3, -0.25) is 13.9 Å². The molecule has 7 nitrogen and oxygen atoms in total. The van der Waals surface area contributed by atoms with Crippen LogP contribution in [0.15, 0.2) is 48.5 Å². The Kier molecular flexibility index (Phi) is 9.48. The van der Waals surface area contributed by atoms with E-state index in [0.29, 0.717) is 17.7 Å². The molecular formula is C27H36FN3O4S. The number of nitrogens with zero attached hydrogens (tertiary/aromatic N) is 2. The number of halogens is 1. The molecule has 0 bridgehead atoms. The van der Waals surface area contributed by atoms with Crippen molar-refractivity contribution in [3.8, 4) is 0 Å². The topological polar surface area (TPSA) is 86.8 Å². The van der Waals surface area contributed by atoms with Crippen LogP contribution < -0.4 is 9.62 Å². The Balaban J connectivity index is 1.89. The third kappa shape index (κ3) is 7.53. The average Bonchev–Trinajstić information content (AvgIpc) is 2.84. The van der Waals surface area contributed by atoms with Gasteiger partial charge in [-0.1, -0.05) is 56.0 Å². The van der Waals surface area contributed by atoms with E-state index >= 15 is 0 Å². The van der Waals surface area contributed by atoms with E-state index in [0.717, 1.165) is 48.2 Å². The Morgan fingerprint density at radius 3 is 2.19 bits per heavy atom. The maximum atomic E-state index is 13.7. The highest BCUT2D eigenvalue weighted by atomic mass is 32.2. The van der Waals surface area contributed by atoms with Crippen LogP contribution in [0.3, 0.4) is 0 Å². The van der Waals surface area contributed by atoms with Crippen LogP contribution in [0.25, 0.3) is 0 Å². The molecular weight excluding hydrogens is 481 g/mol. The number of nitrogens with one attached hydrogen (secondary N) is 1. The first-order chi connectivity index (χ1) is 17.1. The summed E-state index contributed by atoms with van der Waals surface area (Å²) < 4.78 is 39.8. The second-order valence-electron chi connectivity index (χ2n) is 9.52. The molecule has 1 atom stereocenters. The summed E-state index contributed by atoms with van der Waals surface area (Å²) in [6, 6.07) is 11.9. The van der Waals surface area contributed by atoms with E-state index in [1.165, 1.54) is 17.0 Å². The third-order valence-corrected chi connectivity index (χ3v) is 7.75. The van der Waals surface area contributed by atoms with Gasteiger partial charge in [0.1, 0.15) is 18.4 Å². The molecule has 2 aromatic rings. The normalized spacial score (nSPS) is 15.2. The number of rotatable bonds is 10. The molecule has 0 heterocycles. The summed E-state index contributed by atoms with van der Waals surface area (Å²) in [5.74, 6) is -1.15. The predicted molar refractivity (Wildman–Crippen MR) is 139 cm³/mol. The highest BCUT2D eigenvalue weighted by Gasteiger charge is 2.32. The van der Waals surface area contributed by atoms with Gasteiger partial charge in [0.2, 0.25) is 21.8 Å². The minimum atomic E-state index is -3.78. The van der Waals surface area contributed by atoms with Crippen LogP contribution in [-0.4, -0.2) is 50.0 Å². The smallest absolute Gasteiger partial charge is 0.244 e. The highest BCUT2D eigenvalue weighted by molar-refractivity contribution is 7.92. The Bertz CT molecular complexity index is 1130. The molecule has 1 fully saturated rings. The summed E-state index contributed by atoms with van der Waals surface area (Å²) in [5.41, 5.74) is 1.98. The van der Waals surface area contributed by atoms with Gasteiger partial charge in [0.25, 0.3) is 0 Å². The molecule has 2 amide bonds. The minimum absolute atomic E-state index is 0.0568. The largest absolute Gasteiger partial charge is 0.352 e. The van der Waals surface area contributed by atoms with Crippen molar-refractivity contribution in [3.63, 3.8) is 0 Å². The molecule has 196 valence electrons. The van der Waals surface area contributed by atoms with E-state index in [-0.39, 0.29) is 18.5 Å². The number of amides is 2. The van der Waals surface area contributed by atoms with Crippen LogP contribution >= 0.6 is 0 Å². The van der Waals surface area contributed by atoms with E-state index in [1.807, 2.05) is 13.8 Å². The lowest BCUT2D eigenvalue weighted by Gasteiger charge is -2.34. The molecule has 0 saturated heterocycles. The summed E-state index contributed by atoms with van der Waals surface area (Å²) in [6.45, 7) is 3.32. The predicted octanol–water partition coefficient (Wildman–Crippen LogP) is 4.16. The van der Waals surface area contributed by atoms with Crippen LogP contribution in [0, 0.1) is 12.7 Å². The molecule has 9 heteroatoms. The van der Waals surface area contributed by atoms with Crippen molar-refractivity contribution in [3.05, 3.63) is 65.5 Å². The number of carbonyl (C=O) groups is 2. The lowest BCUT2D eigenvalue weighted by atomic mass is 9.95. The van der Waals surface area contributed by atoms with Crippen molar-refractivity contribution < 1.29 is 22.4 Å². The van der Waals surface area contributed by atoms with Gasteiger partial charge in [-0.2, -0.15) is 0 Å². The molecule has 1 saturated carbocycles. The van der Waals surface area contributed by atoms with E-state index in [9.17, 15) is 22.4 Å². The van der Waals surface area contributed by atoms with Crippen molar-refractivity contribution in [1.82, 2.24) is 10.2 Å². The molecule has 36 heavy (non-hydrogen) atoms. The van der Waals surface area contributed by atoms with E-state index in [1.54, 1.807) is 36.4 Å². The SMILES string of the molecule is CC[C@H](C(=O)NC1CCCCC1)N(Cc1ccc(F)cc1)C(=O)CN(c1ccc(C)cc1)S(C)(=O)=O. The summed E-state index contributed by atoms with van der Waals surface area (Å²) in [5, 5.41) is 3.10. The Morgan fingerprint density at radius 2 is 1.64 bits per heavy atom. The van der Waals surface area contributed by atoms with Crippen LogP contribution in [0.5, 0.6) is 0 Å². The number of anilines is 1. The molecule has 1 aliphatic rings. The first-order valence-corrected chi connectivity index (χ1v) is 14.3. The maximum absolute atomic E-state index is 13.7. The Morgan fingerprint density at radius 1 is 1.03 bits per heavy atom. The summed E-state index contributed by atoms with van der Waals surface area (Å²) >= 11 is 0. The first kappa shape index (κ1) is 27.6. The summed E-state index contributed by atoms with van der Waals surface area (Å²) in [7, 11) is -3.78. The quantitative estimate of drug-likeness (QED) is 0.513. The zero-order valence-corrected chi connectivity index (χ0v) is 22.1. The van der Waals surface area contributed by atoms with Crippen molar-refractivity contribution >= 4 is 27.5 Å². The molecule has 1 N–H and O–H groups in total. The van der Waals surface area contributed by atoms with Gasteiger partial charge in [-0.15, -0.1) is 0 Å². The fourth-order valence-corrected chi connectivity index (χ4v) is 5.42. The van der Waals surface area contributed by atoms with E-state index in [4.69, 9.17) is 0 Å². The number of aryl methyl sites for hydroxylation is 1. The number of hydrogen-bond acceptors (Lipinski definition) is 4. The number of carbonyl (C=O) groups excluding carboxylic acids is 2. The van der Waals surface area contributed by atoms with Crippen LogP contribution in [-0.2, 0) is 26.2 Å². The molecule has 0 radical (unpaired) electrons. The average molecular weight is 518 g/mol. The van der Waals surface area contributed by atoms with Crippen LogP contribution in [0.1, 0.15) is 56.6 Å². The Labute approximate surface area is 213 Å². The summed E-state index contributed by atoms with van der Waals surface area (Å²) in [4.78, 5) is 28.4. The van der Waals surface area contributed by atoms with Crippen LogP contribution in [0.2, 0.25) is 0 Å². The standard InChI is InChI=1S/C27H36FN3O4S/c1-4-25(27(33)29-23-8-6-5-7-9-23)30(18-21-12-14-22(28)15-13-21)26(32)19-31(36(3,34)35)24-16-10-20(2)11-17-24/h10-17,23,25H,4-9,18-19H2,1-3H3,(H,29,33)/t25-/m1/s1. The number of hydrogen-bond donors (Lipinski definition) is 1. The van der Waals surface area contributed by atoms with E-state index in [2.05, 4.69) is 5.32 Å². The van der Waals surface area contributed by atoms with E-state index < -0.39 is 34.3 Å². The number of benzene rings is 2. The number of sulfonamides is 1. The summed E-state index contributed by atoms with van der Waals surface area (Å²) in [6.07, 6.45) is 6.48. The second kappa shape index (κ2) is 12.3. The van der Waals surface area contributed by atoms with Gasteiger partial charge in [0, 0.05) is 12.6 Å². The van der Waals surface area contributed by atoms with Gasteiger partial charge in [0.05, 0.1) is 11.9 Å². The fourth-order valence-electron chi connectivity index (χ4n) is 4.58. The zero-order valence-electron chi connectivity index (χ0n) is 21.2. The zero-order chi connectivity index (χ0) is 26.3. The highest BCUT2D eigenvalue weighted by Crippen LogP contribution is 2.22. The van der Waals surface area contributed by atoms with Crippen molar-refractivity contribution in [2.45, 2.75) is 71.0 Å². The molecule has 3 rings (SSSR count). The molecule has 0 aliphatic heterocycles. The molecule has 0 spiro atoms. The Hall–Kier alpha value is -2.94. The van der Waals surface area contributed by atoms with Gasteiger partial charge < -0.3 is 10.2 Å².